The standard InChI is InChI=1S/C27H34N2O3S/c1-2-3-5-10-22-13-15-24(16-14-22)27-25-19-28(17-8-9-18-29(25)26(27)20-30)33(31,32)21-23-11-6-4-7-12-23/h4,6-7,11-16,25-27,30H,2-3,8-9,17-21H2,1H3/t25-,26+,27-/m1/s1. The Balaban J connectivity index is 1.54. The fraction of sp³-hybridized carbons (Fsp3) is 0.481. The van der Waals surface area contributed by atoms with Crippen LogP contribution in [0.15, 0.2) is 54.6 Å². The van der Waals surface area contributed by atoms with Crippen molar-refractivity contribution in [2.75, 3.05) is 26.2 Å². The Hall–Kier alpha value is -2.17. The molecule has 0 saturated carbocycles. The van der Waals surface area contributed by atoms with E-state index in [2.05, 4.69) is 35.8 Å². The number of sulfonamides is 1. The predicted molar refractivity (Wildman–Crippen MR) is 132 cm³/mol. The van der Waals surface area contributed by atoms with Crippen LogP contribution in [0, 0.1) is 11.8 Å². The molecule has 2 aliphatic rings. The molecule has 176 valence electrons. The number of aliphatic hydroxyl groups is 1. The predicted octanol–water partition coefficient (Wildman–Crippen LogP) is 3.59. The molecule has 0 bridgehead atoms. The Morgan fingerprint density at radius 3 is 2.45 bits per heavy atom. The molecule has 2 aromatic rings. The van der Waals surface area contributed by atoms with Gasteiger partial charge < -0.3 is 5.11 Å². The van der Waals surface area contributed by atoms with Gasteiger partial charge in [-0.3, -0.25) is 4.90 Å². The zero-order valence-corrected chi connectivity index (χ0v) is 20.2. The molecule has 4 rings (SSSR count). The summed E-state index contributed by atoms with van der Waals surface area (Å²) in [7, 11) is -3.42. The highest BCUT2D eigenvalue weighted by Gasteiger charge is 2.50. The lowest BCUT2D eigenvalue weighted by molar-refractivity contribution is -0.0554. The van der Waals surface area contributed by atoms with Gasteiger partial charge in [0.25, 0.3) is 0 Å². The summed E-state index contributed by atoms with van der Waals surface area (Å²) >= 11 is 0. The Labute approximate surface area is 198 Å². The van der Waals surface area contributed by atoms with Gasteiger partial charge in [0, 0.05) is 43.1 Å². The monoisotopic (exact) mass is 466 g/mol. The first-order chi connectivity index (χ1) is 16.0. The molecule has 2 saturated heterocycles. The summed E-state index contributed by atoms with van der Waals surface area (Å²) in [6.45, 7) is 4.12. The van der Waals surface area contributed by atoms with E-state index in [-0.39, 0.29) is 30.4 Å². The molecule has 0 aromatic heterocycles. The van der Waals surface area contributed by atoms with E-state index in [1.807, 2.05) is 42.5 Å². The first-order valence-electron chi connectivity index (χ1n) is 12.0. The normalized spacial score (nSPS) is 24.0. The quantitative estimate of drug-likeness (QED) is 0.661. The molecule has 6 heteroatoms. The molecule has 5 nitrogen and oxygen atoms in total. The maximum Gasteiger partial charge on any atom is 0.218 e. The molecule has 2 aromatic carbocycles. The zero-order chi connectivity index (χ0) is 23.3. The second-order valence-electron chi connectivity index (χ2n) is 9.06. The van der Waals surface area contributed by atoms with E-state index < -0.39 is 10.0 Å². The summed E-state index contributed by atoms with van der Waals surface area (Å²) in [6, 6.07) is 17.8. The number of hydrogen-bond acceptors (Lipinski definition) is 4. The molecular weight excluding hydrogens is 432 g/mol. The average molecular weight is 467 g/mol. The van der Waals surface area contributed by atoms with E-state index in [1.165, 1.54) is 0 Å². The molecule has 2 heterocycles. The minimum atomic E-state index is -3.42. The number of benzene rings is 2. The second kappa shape index (κ2) is 10.8. The average Bonchev–Trinajstić information content (AvgIpc) is 2.79. The summed E-state index contributed by atoms with van der Waals surface area (Å²) in [5.41, 5.74) is 2.96. The van der Waals surface area contributed by atoms with Crippen molar-refractivity contribution in [2.45, 2.75) is 56.4 Å². The number of unbranched alkanes of at least 4 members (excludes halogenated alkanes) is 1. The van der Waals surface area contributed by atoms with Crippen LogP contribution in [-0.2, 0) is 15.8 Å². The smallest absolute Gasteiger partial charge is 0.218 e. The van der Waals surface area contributed by atoms with Gasteiger partial charge in [0.15, 0.2) is 0 Å². The van der Waals surface area contributed by atoms with Crippen LogP contribution in [0.2, 0.25) is 0 Å². The van der Waals surface area contributed by atoms with Crippen molar-refractivity contribution in [3.63, 3.8) is 0 Å². The molecule has 33 heavy (non-hydrogen) atoms. The molecule has 0 aliphatic carbocycles. The molecule has 0 radical (unpaired) electrons. The molecule has 0 unspecified atom stereocenters. The number of nitrogens with zero attached hydrogens (tertiary/aromatic N) is 2. The lowest BCUT2D eigenvalue weighted by atomic mass is 9.74. The van der Waals surface area contributed by atoms with E-state index in [0.717, 1.165) is 48.9 Å². The van der Waals surface area contributed by atoms with E-state index in [9.17, 15) is 13.5 Å². The van der Waals surface area contributed by atoms with Gasteiger partial charge in [-0.05, 0) is 49.1 Å². The van der Waals surface area contributed by atoms with Crippen molar-refractivity contribution in [3.05, 3.63) is 71.3 Å². The molecule has 0 spiro atoms. The van der Waals surface area contributed by atoms with Crippen LogP contribution in [0.25, 0.3) is 0 Å². The van der Waals surface area contributed by atoms with E-state index in [4.69, 9.17) is 0 Å². The Bertz CT molecular complexity index is 1070. The molecule has 3 atom stereocenters. The zero-order valence-electron chi connectivity index (χ0n) is 19.4. The Morgan fingerprint density at radius 2 is 1.76 bits per heavy atom. The largest absolute Gasteiger partial charge is 0.395 e. The van der Waals surface area contributed by atoms with Gasteiger partial charge in [0.1, 0.15) is 0 Å². The lowest BCUT2D eigenvalue weighted by Crippen LogP contribution is -2.67. The number of hydrogen-bond donors (Lipinski definition) is 1. The second-order valence-corrected chi connectivity index (χ2v) is 11.0. The van der Waals surface area contributed by atoms with E-state index in [1.54, 1.807) is 4.31 Å². The fourth-order valence-electron chi connectivity index (χ4n) is 5.12. The maximum atomic E-state index is 13.3. The lowest BCUT2D eigenvalue weighted by Gasteiger charge is -2.57. The first-order valence-corrected chi connectivity index (χ1v) is 13.6. The molecular formula is C27H34N2O3S. The van der Waals surface area contributed by atoms with Crippen LogP contribution >= 0.6 is 0 Å². The van der Waals surface area contributed by atoms with Crippen molar-refractivity contribution in [3.8, 4) is 11.8 Å². The van der Waals surface area contributed by atoms with Crippen molar-refractivity contribution < 1.29 is 13.5 Å². The third-order valence-corrected chi connectivity index (χ3v) is 8.64. The Kier molecular flexibility index (Phi) is 7.87. The van der Waals surface area contributed by atoms with Crippen LogP contribution in [0.1, 0.15) is 55.2 Å². The summed E-state index contributed by atoms with van der Waals surface area (Å²) in [4.78, 5) is 2.31. The number of fused-ring (bicyclic) bond motifs is 1. The molecule has 2 fully saturated rings. The third-order valence-electron chi connectivity index (χ3n) is 6.82. The van der Waals surface area contributed by atoms with Crippen LogP contribution in [0.5, 0.6) is 0 Å². The van der Waals surface area contributed by atoms with E-state index in [0.29, 0.717) is 13.1 Å². The maximum absolute atomic E-state index is 13.3. The topological polar surface area (TPSA) is 60.9 Å². The summed E-state index contributed by atoms with van der Waals surface area (Å²) in [5, 5.41) is 10.1. The summed E-state index contributed by atoms with van der Waals surface area (Å²) < 4.78 is 28.3. The molecule has 1 N–H and O–H groups in total. The highest BCUT2D eigenvalue weighted by atomic mass is 32.2. The SMILES string of the molecule is CCCC#Cc1ccc([C@@H]2[C@H]3CN(S(=O)(=O)Cc4ccccc4)CCCCN3[C@H]2CO)cc1. The van der Waals surface area contributed by atoms with E-state index >= 15 is 0 Å². The van der Waals surface area contributed by atoms with Crippen molar-refractivity contribution in [1.82, 2.24) is 9.21 Å². The van der Waals surface area contributed by atoms with Crippen molar-refractivity contribution in [1.29, 1.82) is 0 Å². The van der Waals surface area contributed by atoms with Crippen LogP contribution in [-0.4, -0.2) is 61.1 Å². The van der Waals surface area contributed by atoms with Crippen molar-refractivity contribution >= 4 is 10.0 Å². The van der Waals surface area contributed by atoms with Crippen LogP contribution < -0.4 is 0 Å². The first kappa shape index (κ1) is 24.0. The van der Waals surface area contributed by atoms with Gasteiger partial charge in [0.2, 0.25) is 10.0 Å². The van der Waals surface area contributed by atoms with Gasteiger partial charge in [-0.2, -0.15) is 0 Å². The third kappa shape index (κ3) is 5.50. The van der Waals surface area contributed by atoms with Gasteiger partial charge in [-0.1, -0.05) is 61.2 Å². The highest BCUT2D eigenvalue weighted by molar-refractivity contribution is 7.88. The van der Waals surface area contributed by atoms with Crippen molar-refractivity contribution in [2.24, 2.45) is 0 Å². The highest BCUT2D eigenvalue weighted by Crippen LogP contribution is 2.42. The fourth-order valence-corrected chi connectivity index (χ4v) is 6.70. The van der Waals surface area contributed by atoms with Gasteiger partial charge in [-0.15, -0.1) is 0 Å². The number of aliphatic hydroxyl groups excluding tert-OH is 1. The van der Waals surface area contributed by atoms with Gasteiger partial charge in [-0.25, -0.2) is 12.7 Å². The Morgan fingerprint density at radius 1 is 1.03 bits per heavy atom. The number of rotatable bonds is 6. The minimum absolute atomic E-state index is 0.0276. The summed E-state index contributed by atoms with van der Waals surface area (Å²) in [6.07, 6.45) is 3.71. The van der Waals surface area contributed by atoms with Crippen LogP contribution in [0.4, 0.5) is 0 Å². The van der Waals surface area contributed by atoms with Crippen LogP contribution in [0.3, 0.4) is 0 Å². The molecule has 0 amide bonds. The van der Waals surface area contributed by atoms with Gasteiger partial charge in [0.05, 0.1) is 12.4 Å². The van der Waals surface area contributed by atoms with Gasteiger partial charge >= 0.3 is 0 Å². The molecule has 2 aliphatic heterocycles. The minimum Gasteiger partial charge on any atom is -0.395 e. The summed E-state index contributed by atoms with van der Waals surface area (Å²) in [5.74, 6) is 6.52.